The number of H-pyrrole nitrogens is 1. The van der Waals surface area contributed by atoms with Crippen LogP contribution in [-0.2, 0) is 0 Å². The maximum Gasteiger partial charge on any atom is 0.155 e. The summed E-state index contributed by atoms with van der Waals surface area (Å²) in [5.41, 5.74) is 6.60. The summed E-state index contributed by atoms with van der Waals surface area (Å²) in [6.07, 6.45) is 3.19. The van der Waals surface area contributed by atoms with Gasteiger partial charge in [-0.05, 0) is 25.1 Å². The van der Waals surface area contributed by atoms with Crippen LogP contribution in [-0.4, -0.2) is 15.2 Å². The molecule has 1 atom stereocenters. The van der Waals surface area contributed by atoms with Gasteiger partial charge in [0.2, 0.25) is 0 Å². The van der Waals surface area contributed by atoms with Crippen molar-refractivity contribution in [1.29, 1.82) is 0 Å². The predicted octanol–water partition coefficient (Wildman–Crippen LogP) is 3.41. The quantitative estimate of drug-likeness (QED) is 0.645. The van der Waals surface area contributed by atoms with Gasteiger partial charge in [-0.1, -0.05) is 0 Å². The molecule has 2 aromatic heterocycles. The molecule has 2 heterocycles. The molecule has 0 radical (unpaired) electrons. The van der Waals surface area contributed by atoms with Crippen LogP contribution in [0, 0.1) is 11.6 Å². The number of anilines is 2. The Morgan fingerprint density at radius 1 is 1.27 bits per heavy atom. The van der Waals surface area contributed by atoms with Gasteiger partial charge in [-0.3, -0.25) is 5.10 Å². The lowest BCUT2D eigenvalue weighted by Gasteiger charge is -2.17. The van der Waals surface area contributed by atoms with Crippen molar-refractivity contribution in [2.75, 3.05) is 11.1 Å². The monoisotopic (exact) mass is 325 g/mol. The lowest BCUT2D eigenvalue weighted by molar-refractivity contribution is 0.547. The normalized spacial score (nSPS) is 12.0. The van der Waals surface area contributed by atoms with Crippen molar-refractivity contribution in [3.63, 3.8) is 0 Å². The van der Waals surface area contributed by atoms with Crippen LogP contribution in [0.15, 0.2) is 30.6 Å². The minimum Gasteiger partial charge on any atom is -0.396 e. The number of nitrogens with one attached hydrogen (secondary N) is 2. The van der Waals surface area contributed by atoms with Gasteiger partial charge in [0.15, 0.2) is 11.5 Å². The van der Waals surface area contributed by atoms with Crippen LogP contribution >= 0.6 is 12.4 Å². The second-order valence-electron chi connectivity index (χ2n) is 4.76. The zero-order valence-corrected chi connectivity index (χ0v) is 12.4. The first kappa shape index (κ1) is 16.0. The minimum atomic E-state index is -0.743. The second kappa shape index (κ2) is 6.15. The maximum absolute atomic E-state index is 14.0. The Labute approximate surface area is 131 Å². The molecule has 116 valence electrons. The molecule has 3 rings (SSSR count). The van der Waals surface area contributed by atoms with E-state index in [1.54, 1.807) is 25.4 Å². The van der Waals surface area contributed by atoms with Crippen molar-refractivity contribution in [1.82, 2.24) is 15.2 Å². The number of halogens is 3. The van der Waals surface area contributed by atoms with Crippen molar-refractivity contribution in [3.8, 4) is 0 Å². The number of hydrogen-bond acceptors (Lipinski definition) is 4. The first-order valence-electron chi connectivity index (χ1n) is 6.35. The molecule has 1 aromatic carbocycles. The molecule has 3 aromatic rings. The highest BCUT2D eigenvalue weighted by Crippen LogP contribution is 2.27. The Kier molecular flexibility index (Phi) is 4.46. The number of hydrogen-bond donors (Lipinski definition) is 3. The first-order valence-corrected chi connectivity index (χ1v) is 6.35. The molecule has 22 heavy (non-hydrogen) atoms. The molecule has 4 N–H and O–H groups in total. The fourth-order valence-corrected chi connectivity index (χ4v) is 2.22. The SMILES string of the molecule is CC(Nc1cnc2[nH]ncc2c1)c1c(F)ccc(N)c1F.Cl. The molecule has 0 aliphatic heterocycles. The van der Waals surface area contributed by atoms with Crippen molar-refractivity contribution in [2.45, 2.75) is 13.0 Å². The number of nitrogen functional groups attached to an aromatic ring is 1. The molecule has 1 unspecified atom stereocenters. The number of nitrogens with zero attached hydrogens (tertiary/aromatic N) is 2. The smallest absolute Gasteiger partial charge is 0.155 e. The van der Waals surface area contributed by atoms with E-state index in [2.05, 4.69) is 20.5 Å². The van der Waals surface area contributed by atoms with E-state index in [4.69, 9.17) is 5.73 Å². The molecule has 0 fully saturated rings. The fraction of sp³-hybridized carbons (Fsp3) is 0.143. The summed E-state index contributed by atoms with van der Waals surface area (Å²) in [4.78, 5) is 4.16. The van der Waals surface area contributed by atoms with Gasteiger partial charge in [0.05, 0.1) is 29.8 Å². The van der Waals surface area contributed by atoms with E-state index in [0.717, 1.165) is 11.5 Å². The second-order valence-corrected chi connectivity index (χ2v) is 4.76. The average Bonchev–Trinajstić information content (AvgIpc) is 2.91. The van der Waals surface area contributed by atoms with Gasteiger partial charge in [-0.15, -0.1) is 12.4 Å². The number of benzene rings is 1. The van der Waals surface area contributed by atoms with Crippen molar-refractivity contribution >= 4 is 34.8 Å². The van der Waals surface area contributed by atoms with Crippen LogP contribution in [0.25, 0.3) is 11.0 Å². The van der Waals surface area contributed by atoms with Crippen molar-refractivity contribution in [2.24, 2.45) is 0 Å². The fourth-order valence-electron chi connectivity index (χ4n) is 2.22. The third-order valence-corrected chi connectivity index (χ3v) is 3.26. The lowest BCUT2D eigenvalue weighted by Crippen LogP contribution is -2.12. The third-order valence-electron chi connectivity index (χ3n) is 3.26. The van der Waals surface area contributed by atoms with Crippen LogP contribution in [0.1, 0.15) is 18.5 Å². The topological polar surface area (TPSA) is 79.6 Å². The van der Waals surface area contributed by atoms with Crippen LogP contribution < -0.4 is 11.1 Å². The number of aromatic amines is 1. The van der Waals surface area contributed by atoms with E-state index >= 15 is 0 Å². The molecule has 0 aliphatic carbocycles. The van der Waals surface area contributed by atoms with Gasteiger partial charge in [-0.2, -0.15) is 5.10 Å². The molecule has 0 saturated heterocycles. The Balaban J connectivity index is 0.00000176. The lowest BCUT2D eigenvalue weighted by atomic mass is 10.1. The Bertz CT molecular complexity index is 805. The van der Waals surface area contributed by atoms with Gasteiger partial charge >= 0.3 is 0 Å². The van der Waals surface area contributed by atoms with Gasteiger partial charge in [-0.25, -0.2) is 13.8 Å². The van der Waals surface area contributed by atoms with E-state index in [1.165, 1.54) is 6.07 Å². The Hall–Kier alpha value is -2.41. The standard InChI is InChI=1S/C14H13F2N5.ClH/c1-7(12-10(15)2-3-11(17)13(12)16)20-9-4-8-5-19-21-14(8)18-6-9;/h2-7,20H,17H2,1H3,(H,18,19,21);1H. The molecule has 0 bridgehead atoms. The Morgan fingerprint density at radius 3 is 2.82 bits per heavy atom. The number of nitrogens with two attached hydrogens (primary N) is 1. The average molecular weight is 326 g/mol. The summed E-state index contributed by atoms with van der Waals surface area (Å²) in [7, 11) is 0. The van der Waals surface area contributed by atoms with Gasteiger partial charge < -0.3 is 11.1 Å². The van der Waals surface area contributed by atoms with Gasteiger partial charge in [0.25, 0.3) is 0 Å². The summed E-state index contributed by atoms with van der Waals surface area (Å²) in [6.45, 7) is 1.65. The molecule has 8 heteroatoms. The van der Waals surface area contributed by atoms with Crippen molar-refractivity contribution in [3.05, 3.63) is 47.8 Å². The highest BCUT2D eigenvalue weighted by Gasteiger charge is 2.18. The minimum absolute atomic E-state index is 0. The highest BCUT2D eigenvalue weighted by molar-refractivity contribution is 5.85. The zero-order chi connectivity index (χ0) is 15.0. The summed E-state index contributed by atoms with van der Waals surface area (Å²) in [6, 6.07) is 3.56. The molecule has 0 spiro atoms. The highest BCUT2D eigenvalue weighted by atomic mass is 35.5. The van der Waals surface area contributed by atoms with Crippen LogP contribution in [0.5, 0.6) is 0 Å². The maximum atomic E-state index is 14.0. The van der Waals surface area contributed by atoms with Gasteiger partial charge in [0, 0.05) is 10.9 Å². The van der Waals surface area contributed by atoms with E-state index < -0.39 is 17.7 Å². The summed E-state index contributed by atoms with van der Waals surface area (Å²) < 4.78 is 27.8. The zero-order valence-electron chi connectivity index (χ0n) is 11.6. The molecule has 0 amide bonds. The van der Waals surface area contributed by atoms with E-state index in [-0.39, 0.29) is 23.7 Å². The van der Waals surface area contributed by atoms with Crippen LogP contribution in [0.4, 0.5) is 20.2 Å². The van der Waals surface area contributed by atoms with E-state index in [0.29, 0.717) is 11.3 Å². The summed E-state index contributed by atoms with van der Waals surface area (Å²) >= 11 is 0. The molecule has 0 aliphatic rings. The first-order chi connectivity index (χ1) is 10.1. The number of fused-ring (bicyclic) bond motifs is 1. The molecular formula is C14H14ClF2N5. The number of aromatic nitrogens is 3. The molecule has 0 saturated carbocycles. The third kappa shape index (κ3) is 2.80. The van der Waals surface area contributed by atoms with E-state index in [1.807, 2.05) is 0 Å². The van der Waals surface area contributed by atoms with Crippen molar-refractivity contribution < 1.29 is 8.78 Å². The largest absolute Gasteiger partial charge is 0.396 e. The number of pyridine rings is 1. The Morgan fingerprint density at radius 2 is 2.05 bits per heavy atom. The summed E-state index contributed by atoms with van der Waals surface area (Å²) in [5.74, 6) is -1.38. The van der Waals surface area contributed by atoms with Gasteiger partial charge in [0.1, 0.15) is 5.82 Å². The number of rotatable bonds is 3. The van der Waals surface area contributed by atoms with Crippen LogP contribution in [0.2, 0.25) is 0 Å². The predicted molar refractivity (Wildman–Crippen MR) is 83.9 cm³/mol. The molecular weight excluding hydrogens is 312 g/mol. The summed E-state index contributed by atoms with van der Waals surface area (Å²) in [5, 5.41) is 10.4. The van der Waals surface area contributed by atoms with E-state index in [9.17, 15) is 8.78 Å². The molecule has 5 nitrogen and oxygen atoms in total. The van der Waals surface area contributed by atoms with Crippen LogP contribution in [0.3, 0.4) is 0 Å².